The number of methoxy groups -OCH3 is 3. The quantitative estimate of drug-likeness (QED) is 0.430. The summed E-state index contributed by atoms with van der Waals surface area (Å²) in [5.74, 6) is 1.26. The zero-order chi connectivity index (χ0) is 18.8. The van der Waals surface area contributed by atoms with Crippen molar-refractivity contribution in [3.05, 3.63) is 90.1 Å². The maximum atomic E-state index is 12.2. The van der Waals surface area contributed by atoms with Gasteiger partial charge in [0.25, 0.3) is 0 Å². The molecule has 0 saturated carbocycles. The third kappa shape index (κ3) is 6.48. The van der Waals surface area contributed by atoms with E-state index < -0.39 is 0 Å². The summed E-state index contributed by atoms with van der Waals surface area (Å²) in [6.45, 7) is 0. The smallest absolute Gasteiger partial charge is 0.872 e. The van der Waals surface area contributed by atoms with Gasteiger partial charge in [-0.1, -0.05) is 36.5 Å². The Morgan fingerprint density at radius 3 is 1.89 bits per heavy atom. The van der Waals surface area contributed by atoms with E-state index in [1.807, 2.05) is 54.6 Å². The average Bonchev–Trinajstić information content (AvgIpc) is 3.41. The maximum Gasteiger partial charge on any atom is 2.00 e. The molecule has 3 rings (SSSR count). The number of rotatable bonds is 5. The second kappa shape index (κ2) is 11.8. The molecule has 0 saturated heterocycles. The van der Waals surface area contributed by atoms with Crippen LogP contribution in [0.2, 0.25) is 0 Å². The van der Waals surface area contributed by atoms with Crippen molar-refractivity contribution in [2.45, 2.75) is 0 Å². The monoisotopic (exact) mass is 406 g/mol. The van der Waals surface area contributed by atoms with Crippen LogP contribution in [0, 0.1) is 0 Å². The Bertz CT molecular complexity index is 759. The molecule has 5 heteroatoms. The van der Waals surface area contributed by atoms with Crippen molar-refractivity contribution < 1.29 is 36.4 Å². The Morgan fingerprint density at radius 1 is 0.926 bits per heavy atom. The van der Waals surface area contributed by atoms with Crippen molar-refractivity contribution in [1.82, 2.24) is 0 Å². The first-order valence-corrected chi connectivity index (χ1v) is 8.10. The van der Waals surface area contributed by atoms with Gasteiger partial charge in [-0.15, -0.1) is 5.76 Å². The summed E-state index contributed by atoms with van der Waals surface area (Å²) in [5, 5.41) is 12.2. The Labute approximate surface area is 170 Å². The van der Waals surface area contributed by atoms with E-state index in [0.717, 1.165) is 5.57 Å². The van der Waals surface area contributed by atoms with Gasteiger partial charge in [-0.2, -0.15) is 18.2 Å². The maximum absolute atomic E-state index is 12.2. The third-order valence-corrected chi connectivity index (χ3v) is 3.62. The molecule has 0 atom stereocenters. The Balaban J connectivity index is 0.000000526. The van der Waals surface area contributed by atoms with E-state index >= 15 is 0 Å². The molecule has 0 amide bonds. The summed E-state index contributed by atoms with van der Waals surface area (Å²) in [5.41, 5.74) is 1.46. The summed E-state index contributed by atoms with van der Waals surface area (Å²) in [4.78, 5) is 0. The molecule has 2 aromatic carbocycles. The fourth-order valence-electron chi connectivity index (χ4n) is 2.31. The van der Waals surface area contributed by atoms with Crippen molar-refractivity contribution in [2.75, 3.05) is 21.3 Å². The van der Waals surface area contributed by atoms with Gasteiger partial charge in [-0.3, -0.25) is 0 Å². The molecule has 0 unspecified atom stereocenters. The minimum Gasteiger partial charge on any atom is -0.872 e. The number of ether oxygens (including phenoxy) is 3. The van der Waals surface area contributed by atoms with E-state index in [4.69, 9.17) is 14.2 Å². The van der Waals surface area contributed by atoms with E-state index in [0.29, 0.717) is 22.8 Å². The Hall–Kier alpha value is -2.75. The molecular weight excluding hydrogens is 384 g/mol. The van der Waals surface area contributed by atoms with Crippen LogP contribution in [0.4, 0.5) is 0 Å². The Kier molecular flexibility index (Phi) is 9.73. The topological polar surface area (TPSA) is 50.8 Å². The molecule has 0 aliphatic heterocycles. The second-order valence-electron chi connectivity index (χ2n) is 5.29. The molecule has 27 heavy (non-hydrogen) atoms. The molecule has 0 spiro atoms. The van der Waals surface area contributed by atoms with Crippen molar-refractivity contribution >= 4 is 5.76 Å². The molecule has 0 bridgehead atoms. The van der Waals surface area contributed by atoms with Gasteiger partial charge in [0.1, 0.15) is 0 Å². The van der Waals surface area contributed by atoms with Crippen LogP contribution in [0.5, 0.6) is 17.2 Å². The first kappa shape index (κ1) is 22.3. The standard InChI is InChI=1S/C17H18O4.C5H5.Fe/c1-19-15-10-13(11-16(20-2)17(15)21-3)14(18)9-8-12-6-4-5-7-12;1-2-4-5-3-1;/h4-11,18H,1-3H3;1-5H;/q;-1;+2/p-1/b14-9-;;. The first-order valence-electron chi connectivity index (χ1n) is 8.10. The van der Waals surface area contributed by atoms with E-state index in [-0.39, 0.29) is 22.8 Å². The van der Waals surface area contributed by atoms with Crippen LogP contribution in [0.15, 0.2) is 84.5 Å². The molecule has 142 valence electrons. The SMILES string of the molecule is COc1cc(/C([O-])=C/C=C2C=CC=C2)cc(OC)c1OC.[Fe+2].c1cc[cH-]c1. The zero-order valence-corrected chi connectivity index (χ0v) is 16.6. The van der Waals surface area contributed by atoms with Crippen LogP contribution >= 0.6 is 0 Å². The van der Waals surface area contributed by atoms with Crippen molar-refractivity contribution in [3.8, 4) is 17.2 Å². The van der Waals surface area contributed by atoms with E-state index in [2.05, 4.69) is 0 Å². The first-order chi connectivity index (χ1) is 12.7. The largest absolute Gasteiger partial charge is 2.00 e. The van der Waals surface area contributed by atoms with Gasteiger partial charge in [-0.05, 0) is 23.3 Å². The van der Waals surface area contributed by atoms with E-state index in [9.17, 15) is 5.11 Å². The Morgan fingerprint density at radius 2 is 1.48 bits per heavy atom. The van der Waals surface area contributed by atoms with Crippen LogP contribution in [0.1, 0.15) is 5.56 Å². The van der Waals surface area contributed by atoms with Gasteiger partial charge in [0.05, 0.1) is 21.3 Å². The minimum absolute atomic E-state index is 0. The number of hydrogen-bond acceptors (Lipinski definition) is 4. The molecule has 0 aromatic heterocycles. The van der Waals surface area contributed by atoms with Gasteiger partial charge >= 0.3 is 17.1 Å². The van der Waals surface area contributed by atoms with Gasteiger partial charge in [0.2, 0.25) is 5.75 Å². The zero-order valence-electron chi connectivity index (χ0n) is 15.5. The summed E-state index contributed by atoms with van der Waals surface area (Å²) in [6.07, 6.45) is 11.0. The summed E-state index contributed by atoms with van der Waals surface area (Å²) in [7, 11) is 4.56. The number of hydrogen-bond donors (Lipinski definition) is 0. The summed E-state index contributed by atoms with van der Waals surface area (Å²) >= 11 is 0. The fraction of sp³-hybridized carbons (Fsp3) is 0.136. The third-order valence-electron chi connectivity index (χ3n) is 3.62. The predicted octanol–water partition coefficient (Wildman–Crippen LogP) is 3.87. The van der Waals surface area contributed by atoms with Crippen LogP contribution in [0.3, 0.4) is 0 Å². The molecule has 1 aliphatic carbocycles. The number of benzene rings is 1. The molecule has 0 N–H and O–H groups in total. The average molecular weight is 406 g/mol. The van der Waals surface area contributed by atoms with Crippen LogP contribution < -0.4 is 19.3 Å². The van der Waals surface area contributed by atoms with E-state index in [1.54, 1.807) is 18.2 Å². The van der Waals surface area contributed by atoms with Gasteiger partial charge in [0, 0.05) is 0 Å². The normalized spacial score (nSPS) is 12.0. The molecular formula is C22H22FeO4. The fourth-order valence-corrected chi connectivity index (χ4v) is 2.31. The second-order valence-corrected chi connectivity index (χ2v) is 5.29. The minimum atomic E-state index is -0.129. The van der Waals surface area contributed by atoms with Crippen LogP contribution in [-0.2, 0) is 17.1 Å². The molecule has 0 heterocycles. The molecule has 1 aliphatic rings. The summed E-state index contributed by atoms with van der Waals surface area (Å²) < 4.78 is 15.7. The predicted molar refractivity (Wildman–Crippen MR) is 102 cm³/mol. The van der Waals surface area contributed by atoms with Crippen molar-refractivity contribution in [3.63, 3.8) is 0 Å². The van der Waals surface area contributed by atoms with Crippen LogP contribution in [-0.4, -0.2) is 21.3 Å². The molecule has 0 fully saturated rings. The van der Waals surface area contributed by atoms with E-state index in [1.165, 1.54) is 27.4 Å². The van der Waals surface area contributed by atoms with Gasteiger partial charge in [-0.25, -0.2) is 12.1 Å². The van der Waals surface area contributed by atoms with Crippen molar-refractivity contribution in [2.24, 2.45) is 0 Å². The number of allylic oxidation sites excluding steroid dienone is 7. The van der Waals surface area contributed by atoms with Gasteiger partial charge in [0.15, 0.2) is 11.5 Å². The molecule has 0 radical (unpaired) electrons. The summed E-state index contributed by atoms with van der Waals surface area (Å²) in [6, 6.07) is 13.3. The van der Waals surface area contributed by atoms with Crippen molar-refractivity contribution in [1.29, 1.82) is 0 Å². The van der Waals surface area contributed by atoms with Gasteiger partial charge < -0.3 is 19.3 Å². The molecule has 4 nitrogen and oxygen atoms in total. The van der Waals surface area contributed by atoms with Crippen LogP contribution in [0.25, 0.3) is 5.76 Å². The molecule has 2 aromatic rings.